The van der Waals surface area contributed by atoms with Crippen molar-refractivity contribution in [3.63, 3.8) is 0 Å². The Bertz CT molecular complexity index is 507. The van der Waals surface area contributed by atoms with Gasteiger partial charge in [0.1, 0.15) is 21.5 Å². The number of thiophene rings is 1. The van der Waals surface area contributed by atoms with E-state index in [1.807, 2.05) is 13.8 Å². The number of ether oxygens (including phenoxy) is 1. The average molecular weight is 296 g/mol. The van der Waals surface area contributed by atoms with Crippen LogP contribution in [0.5, 0.6) is 0 Å². The van der Waals surface area contributed by atoms with Crippen LogP contribution < -0.4 is 16.4 Å². The summed E-state index contributed by atoms with van der Waals surface area (Å²) >= 11 is 1.20. The Labute approximate surface area is 122 Å². The van der Waals surface area contributed by atoms with Gasteiger partial charge in [-0.25, -0.2) is 0 Å². The Morgan fingerprint density at radius 3 is 2.75 bits per heavy atom. The van der Waals surface area contributed by atoms with Gasteiger partial charge in [-0.05, 0) is 13.3 Å². The summed E-state index contributed by atoms with van der Waals surface area (Å²) in [6.07, 6.45) is 0.840. The second-order valence-corrected chi connectivity index (χ2v) is 5.25. The molecule has 0 aromatic carbocycles. The zero-order valence-electron chi connectivity index (χ0n) is 11.9. The molecule has 1 heterocycles. The first-order chi connectivity index (χ1) is 9.58. The second kappa shape index (κ2) is 7.72. The van der Waals surface area contributed by atoms with Gasteiger partial charge in [-0.1, -0.05) is 6.92 Å². The van der Waals surface area contributed by atoms with Crippen molar-refractivity contribution in [2.75, 3.05) is 31.3 Å². The van der Waals surface area contributed by atoms with E-state index in [0.717, 1.165) is 6.42 Å². The van der Waals surface area contributed by atoms with E-state index >= 15 is 0 Å². The predicted molar refractivity (Wildman–Crippen MR) is 81.0 cm³/mol. The fourth-order valence-electron chi connectivity index (χ4n) is 1.71. The Morgan fingerprint density at radius 1 is 1.55 bits per heavy atom. The Hall–Kier alpha value is -1.78. The summed E-state index contributed by atoms with van der Waals surface area (Å²) in [5.74, 6) is -0.251. The van der Waals surface area contributed by atoms with E-state index in [1.54, 1.807) is 7.11 Å². The third-order valence-electron chi connectivity index (χ3n) is 2.80. The maximum Gasteiger partial charge on any atom is 0.263 e. The average Bonchev–Trinajstić information content (AvgIpc) is 2.74. The SMILES string of the molecule is CCNC(=O)c1sc(NC(CC)COC)c(C#N)c1N. The molecule has 1 aromatic heterocycles. The molecule has 1 unspecified atom stereocenters. The molecule has 0 radical (unpaired) electrons. The van der Waals surface area contributed by atoms with Crippen LogP contribution in [0.1, 0.15) is 35.5 Å². The van der Waals surface area contributed by atoms with E-state index in [4.69, 9.17) is 10.5 Å². The lowest BCUT2D eigenvalue weighted by molar-refractivity contribution is 0.0960. The van der Waals surface area contributed by atoms with Crippen LogP contribution in [0.3, 0.4) is 0 Å². The topological polar surface area (TPSA) is 100 Å². The Morgan fingerprint density at radius 2 is 2.25 bits per heavy atom. The van der Waals surface area contributed by atoms with Gasteiger partial charge in [-0.2, -0.15) is 5.26 Å². The van der Waals surface area contributed by atoms with Gasteiger partial charge in [0.15, 0.2) is 0 Å². The van der Waals surface area contributed by atoms with E-state index in [2.05, 4.69) is 16.7 Å². The highest BCUT2D eigenvalue weighted by atomic mass is 32.1. The molecule has 1 amide bonds. The van der Waals surface area contributed by atoms with E-state index in [0.29, 0.717) is 28.6 Å². The molecular formula is C13H20N4O2S. The summed E-state index contributed by atoms with van der Waals surface area (Å²) < 4.78 is 5.11. The minimum absolute atomic E-state index is 0.0761. The standard InChI is InChI=1S/C13H20N4O2S/c1-4-8(7-19-3)17-13-9(6-14)10(15)11(20-13)12(18)16-5-2/h8,17H,4-5,7,15H2,1-3H3,(H,16,18). The van der Waals surface area contributed by atoms with E-state index < -0.39 is 0 Å². The number of rotatable bonds is 7. The number of carbonyl (C=O) groups excluding carboxylic acids is 1. The van der Waals surface area contributed by atoms with Gasteiger partial charge in [-0.3, -0.25) is 4.79 Å². The number of nitriles is 1. The summed E-state index contributed by atoms with van der Waals surface area (Å²) in [7, 11) is 1.62. The molecule has 0 saturated carbocycles. The second-order valence-electron chi connectivity index (χ2n) is 4.23. The minimum Gasteiger partial charge on any atom is -0.396 e. The maximum absolute atomic E-state index is 11.9. The molecule has 0 saturated heterocycles. The van der Waals surface area contributed by atoms with Crippen molar-refractivity contribution in [2.24, 2.45) is 0 Å². The van der Waals surface area contributed by atoms with Gasteiger partial charge in [0.2, 0.25) is 0 Å². The molecular weight excluding hydrogens is 276 g/mol. The van der Waals surface area contributed by atoms with Crippen molar-refractivity contribution in [2.45, 2.75) is 26.3 Å². The molecule has 0 aliphatic rings. The Balaban J connectivity index is 3.05. The van der Waals surface area contributed by atoms with Crippen molar-refractivity contribution >= 4 is 27.9 Å². The van der Waals surface area contributed by atoms with Gasteiger partial charge in [0.05, 0.1) is 12.3 Å². The summed E-state index contributed by atoms with van der Waals surface area (Å²) in [5, 5.41) is 15.7. The van der Waals surface area contributed by atoms with Crippen LogP contribution in [-0.2, 0) is 4.74 Å². The first kappa shape index (κ1) is 16.3. The lowest BCUT2D eigenvalue weighted by Crippen LogP contribution is -2.23. The molecule has 0 fully saturated rings. The molecule has 1 rings (SSSR count). The van der Waals surface area contributed by atoms with Crippen molar-refractivity contribution in [3.05, 3.63) is 10.4 Å². The van der Waals surface area contributed by atoms with Crippen LogP contribution in [0, 0.1) is 11.3 Å². The molecule has 20 heavy (non-hydrogen) atoms. The Kier molecular flexibility index (Phi) is 6.28. The molecule has 0 aliphatic carbocycles. The number of carbonyl (C=O) groups is 1. The van der Waals surface area contributed by atoms with Crippen molar-refractivity contribution in [1.82, 2.24) is 5.32 Å². The number of nitrogen functional groups attached to an aromatic ring is 1. The van der Waals surface area contributed by atoms with Gasteiger partial charge in [0, 0.05) is 19.7 Å². The van der Waals surface area contributed by atoms with E-state index in [-0.39, 0.29) is 17.6 Å². The zero-order chi connectivity index (χ0) is 15.1. The number of nitrogens with two attached hydrogens (primary N) is 1. The van der Waals surface area contributed by atoms with Crippen LogP contribution >= 0.6 is 11.3 Å². The number of nitrogens with one attached hydrogen (secondary N) is 2. The monoisotopic (exact) mass is 296 g/mol. The third-order valence-corrected chi connectivity index (χ3v) is 3.93. The minimum atomic E-state index is -0.251. The molecule has 110 valence electrons. The molecule has 1 atom stereocenters. The van der Waals surface area contributed by atoms with E-state index in [1.165, 1.54) is 11.3 Å². The number of hydrogen-bond acceptors (Lipinski definition) is 6. The maximum atomic E-state index is 11.9. The van der Waals surface area contributed by atoms with Crippen LogP contribution in [0.4, 0.5) is 10.7 Å². The molecule has 0 bridgehead atoms. The lowest BCUT2D eigenvalue weighted by atomic mass is 10.2. The highest BCUT2D eigenvalue weighted by Gasteiger charge is 2.22. The number of nitrogens with zero attached hydrogens (tertiary/aromatic N) is 1. The first-order valence-corrected chi connectivity index (χ1v) is 7.26. The largest absolute Gasteiger partial charge is 0.396 e. The molecule has 0 aliphatic heterocycles. The van der Waals surface area contributed by atoms with Crippen LogP contribution in [0.2, 0.25) is 0 Å². The molecule has 1 aromatic rings. The number of amides is 1. The van der Waals surface area contributed by atoms with Crippen molar-refractivity contribution in [3.8, 4) is 6.07 Å². The number of anilines is 2. The van der Waals surface area contributed by atoms with Gasteiger partial charge < -0.3 is 21.1 Å². The van der Waals surface area contributed by atoms with Crippen LogP contribution in [-0.4, -0.2) is 32.2 Å². The summed E-state index contributed by atoms with van der Waals surface area (Å²) in [6, 6.07) is 2.13. The first-order valence-electron chi connectivity index (χ1n) is 6.44. The van der Waals surface area contributed by atoms with Crippen molar-refractivity contribution in [1.29, 1.82) is 5.26 Å². The lowest BCUT2D eigenvalue weighted by Gasteiger charge is -2.15. The molecule has 7 heteroatoms. The van der Waals surface area contributed by atoms with Crippen LogP contribution in [0.25, 0.3) is 0 Å². The highest BCUT2D eigenvalue weighted by molar-refractivity contribution is 7.18. The molecule has 4 N–H and O–H groups in total. The normalized spacial score (nSPS) is 11.7. The summed E-state index contributed by atoms with van der Waals surface area (Å²) in [4.78, 5) is 12.3. The quantitative estimate of drug-likeness (QED) is 0.712. The van der Waals surface area contributed by atoms with Gasteiger partial charge in [0.25, 0.3) is 5.91 Å². The molecule has 6 nitrogen and oxygen atoms in total. The third kappa shape index (κ3) is 3.62. The van der Waals surface area contributed by atoms with Gasteiger partial charge >= 0.3 is 0 Å². The van der Waals surface area contributed by atoms with Gasteiger partial charge in [-0.15, -0.1) is 11.3 Å². The highest BCUT2D eigenvalue weighted by Crippen LogP contribution is 2.35. The smallest absolute Gasteiger partial charge is 0.263 e. The zero-order valence-corrected chi connectivity index (χ0v) is 12.8. The van der Waals surface area contributed by atoms with E-state index in [9.17, 15) is 10.1 Å². The summed E-state index contributed by atoms with van der Waals surface area (Å²) in [6.45, 7) is 4.89. The number of methoxy groups -OCH3 is 1. The predicted octanol–water partition coefficient (Wildman–Crippen LogP) is 1.79. The van der Waals surface area contributed by atoms with Crippen LogP contribution in [0.15, 0.2) is 0 Å². The van der Waals surface area contributed by atoms with Crippen molar-refractivity contribution < 1.29 is 9.53 Å². The number of hydrogen-bond donors (Lipinski definition) is 3. The fourth-order valence-corrected chi connectivity index (χ4v) is 2.78. The summed E-state index contributed by atoms with van der Waals surface area (Å²) in [5.41, 5.74) is 6.45. The fraction of sp³-hybridized carbons (Fsp3) is 0.538. The molecule has 0 spiro atoms.